The van der Waals surface area contributed by atoms with Crippen molar-refractivity contribution in [2.24, 2.45) is 5.73 Å². The van der Waals surface area contributed by atoms with Gasteiger partial charge in [-0.15, -0.1) is 0 Å². The molecule has 17 heavy (non-hydrogen) atoms. The van der Waals surface area contributed by atoms with Gasteiger partial charge < -0.3 is 19.9 Å². The lowest BCUT2D eigenvalue weighted by Gasteiger charge is -2.14. The molecule has 0 bridgehead atoms. The number of benzene rings is 1. The van der Waals surface area contributed by atoms with Crippen LogP contribution in [0, 0.1) is 0 Å². The van der Waals surface area contributed by atoms with Gasteiger partial charge in [-0.3, -0.25) is 4.79 Å². The van der Waals surface area contributed by atoms with Crippen LogP contribution in [0.15, 0.2) is 18.2 Å². The van der Waals surface area contributed by atoms with E-state index in [1.54, 1.807) is 25.3 Å². The van der Waals surface area contributed by atoms with Crippen molar-refractivity contribution >= 4 is 5.97 Å². The largest absolute Gasteiger partial charge is 0.493 e. The molecule has 0 aliphatic heterocycles. The molecule has 0 aliphatic rings. The predicted molar refractivity (Wildman–Crippen MR) is 63.1 cm³/mol. The first-order valence-electron chi connectivity index (χ1n) is 5.28. The van der Waals surface area contributed by atoms with E-state index in [2.05, 4.69) is 4.74 Å². The molecule has 5 nitrogen and oxygen atoms in total. The Balaban J connectivity index is 3.02. The molecule has 0 aliphatic carbocycles. The first-order chi connectivity index (χ1) is 8.13. The van der Waals surface area contributed by atoms with Crippen molar-refractivity contribution in [1.29, 1.82) is 0 Å². The molecule has 0 saturated heterocycles. The average molecular weight is 239 g/mol. The highest BCUT2D eigenvalue weighted by molar-refractivity contribution is 5.77. The Labute approximate surface area is 100 Å². The number of hydrogen-bond acceptors (Lipinski definition) is 5. The second-order valence-electron chi connectivity index (χ2n) is 3.34. The third-order valence-corrected chi connectivity index (χ3v) is 2.30. The van der Waals surface area contributed by atoms with Gasteiger partial charge in [0.15, 0.2) is 11.5 Å². The van der Waals surface area contributed by atoms with E-state index in [9.17, 15) is 4.79 Å². The lowest BCUT2D eigenvalue weighted by atomic mass is 10.1. The molecular formula is C12H17NO4. The van der Waals surface area contributed by atoms with Gasteiger partial charge in [0.2, 0.25) is 0 Å². The number of esters is 1. The Bertz CT molecular complexity index is 392. The Kier molecular flexibility index (Phi) is 4.78. The maximum absolute atomic E-state index is 11.3. The Hall–Kier alpha value is -1.75. The molecule has 0 amide bonds. The van der Waals surface area contributed by atoms with Gasteiger partial charge in [0.05, 0.1) is 20.8 Å². The molecule has 0 aromatic heterocycles. The second kappa shape index (κ2) is 6.10. The summed E-state index contributed by atoms with van der Waals surface area (Å²) < 4.78 is 15.1. The number of carbonyl (C=O) groups excluding carboxylic acids is 1. The van der Waals surface area contributed by atoms with Crippen LogP contribution < -0.4 is 15.2 Å². The summed E-state index contributed by atoms with van der Waals surface area (Å²) in [6.07, 6.45) is 0. The zero-order valence-electron chi connectivity index (χ0n) is 10.2. The van der Waals surface area contributed by atoms with Gasteiger partial charge in [-0.2, -0.15) is 0 Å². The summed E-state index contributed by atoms with van der Waals surface area (Å²) in [6.45, 7) is 2.37. The van der Waals surface area contributed by atoms with Crippen LogP contribution in [0.5, 0.6) is 11.5 Å². The van der Waals surface area contributed by atoms with Gasteiger partial charge in [-0.1, -0.05) is 6.07 Å². The molecule has 1 unspecified atom stereocenters. The number of ether oxygens (including phenoxy) is 3. The summed E-state index contributed by atoms with van der Waals surface area (Å²) in [5.41, 5.74) is 6.36. The fourth-order valence-electron chi connectivity index (χ4n) is 1.42. The van der Waals surface area contributed by atoms with Crippen molar-refractivity contribution < 1.29 is 19.0 Å². The molecule has 1 aromatic carbocycles. The van der Waals surface area contributed by atoms with Crippen LogP contribution in [-0.4, -0.2) is 26.8 Å². The fraction of sp³-hybridized carbons (Fsp3) is 0.417. The zero-order valence-corrected chi connectivity index (χ0v) is 10.2. The highest BCUT2D eigenvalue weighted by atomic mass is 16.5. The second-order valence-corrected chi connectivity index (χ2v) is 3.34. The minimum atomic E-state index is -0.815. The minimum absolute atomic E-state index is 0.488. The maximum Gasteiger partial charge on any atom is 0.327 e. The van der Waals surface area contributed by atoms with Crippen LogP contribution in [-0.2, 0) is 9.53 Å². The lowest BCUT2D eigenvalue weighted by molar-refractivity contribution is -0.142. The zero-order chi connectivity index (χ0) is 12.8. The first-order valence-corrected chi connectivity index (χ1v) is 5.28. The van der Waals surface area contributed by atoms with E-state index in [-0.39, 0.29) is 0 Å². The highest BCUT2D eigenvalue weighted by Crippen LogP contribution is 2.30. The molecule has 0 saturated carbocycles. The Morgan fingerprint density at radius 1 is 1.35 bits per heavy atom. The Morgan fingerprint density at radius 2 is 2.06 bits per heavy atom. The summed E-state index contributed by atoms with van der Waals surface area (Å²) >= 11 is 0. The molecule has 94 valence electrons. The molecule has 0 spiro atoms. The van der Waals surface area contributed by atoms with E-state index < -0.39 is 12.0 Å². The monoisotopic (exact) mass is 239 g/mol. The molecule has 5 heteroatoms. The molecule has 0 radical (unpaired) electrons. The summed E-state index contributed by atoms with van der Waals surface area (Å²) in [6, 6.07) is 4.29. The van der Waals surface area contributed by atoms with Crippen LogP contribution in [0.4, 0.5) is 0 Å². The van der Waals surface area contributed by atoms with E-state index in [0.29, 0.717) is 23.7 Å². The molecular weight excluding hydrogens is 222 g/mol. The number of hydrogen-bond donors (Lipinski definition) is 1. The van der Waals surface area contributed by atoms with E-state index >= 15 is 0 Å². The van der Waals surface area contributed by atoms with Gasteiger partial charge in [0, 0.05) is 0 Å². The van der Waals surface area contributed by atoms with Gasteiger partial charge in [-0.05, 0) is 24.6 Å². The molecule has 1 aromatic rings. The molecule has 0 fully saturated rings. The normalized spacial score (nSPS) is 11.8. The summed E-state index contributed by atoms with van der Waals surface area (Å²) in [7, 11) is 2.85. The SMILES string of the molecule is CCOc1cc(C(N)C(=O)OC)ccc1OC. The van der Waals surface area contributed by atoms with Gasteiger partial charge in [-0.25, -0.2) is 0 Å². The van der Waals surface area contributed by atoms with Gasteiger partial charge in [0.25, 0.3) is 0 Å². The standard InChI is InChI=1S/C12H17NO4/c1-4-17-10-7-8(5-6-9(10)15-2)11(13)12(14)16-3/h5-7,11H,4,13H2,1-3H3. The summed E-state index contributed by atoms with van der Waals surface area (Å²) in [5.74, 6) is 0.678. The quantitative estimate of drug-likeness (QED) is 0.783. The van der Waals surface area contributed by atoms with Crippen molar-refractivity contribution in [3.63, 3.8) is 0 Å². The summed E-state index contributed by atoms with van der Waals surface area (Å²) in [4.78, 5) is 11.3. The van der Waals surface area contributed by atoms with Crippen molar-refractivity contribution in [2.45, 2.75) is 13.0 Å². The number of rotatable bonds is 5. The van der Waals surface area contributed by atoms with E-state index in [4.69, 9.17) is 15.2 Å². The first kappa shape index (κ1) is 13.3. The third-order valence-electron chi connectivity index (χ3n) is 2.30. The third kappa shape index (κ3) is 3.10. The predicted octanol–water partition coefficient (Wildman–Crippen LogP) is 1.27. The van der Waals surface area contributed by atoms with E-state index in [0.717, 1.165) is 0 Å². The topological polar surface area (TPSA) is 70.8 Å². The molecule has 2 N–H and O–H groups in total. The molecule has 0 heterocycles. The van der Waals surface area contributed by atoms with E-state index in [1.807, 2.05) is 6.92 Å². The van der Waals surface area contributed by atoms with Crippen LogP contribution in [0.2, 0.25) is 0 Å². The average Bonchev–Trinajstić information content (AvgIpc) is 2.37. The fourth-order valence-corrected chi connectivity index (χ4v) is 1.42. The highest BCUT2D eigenvalue weighted by Gasteiger charge is 2.18. The maximum atomic E-state index is 11.3. The Morgan fingerprint density at radius 3 is 2.59 bits per heavy atom. The number of methoxy groups -OCH3 is 2. The molecule has 1 atom stereocenters. The van der Waals surface area contributed by atoms with Crippen LogP contribution in [0.1, 0.15) is 18.5 Å². The van der Waals surface area contributed by atoms with Crippen LogP contribution in [0.3, 0.4) is 0 Å². The lowest BCUT2D eigenvalue weighted by Crippen LogP contribution is -2.22. The van der Waals surface area contributed by atoms with E-state index in [1.165, 1.54) is 7.11 Å². The van der Waals surface area contributed by atoms with Crippen molar-refractivity contribution in [3.05, 3.63) is 23.8 Å². The van der Waals surface area contributed by atoms with Gasteiger partial charge >= 0.3 is 5.97 Å². The van der Waals surface area contributed by atoms with Crippen molar-refractivity contribution in [1.82, 2.24) is 0 Å². The van der Waals surface area contributed by atoms with Crippen LogP contribution >= 0.6 is 0 Å². The van der Waals surface area contributed by atoms with Crippen LogP contribution in [0.25, 0.3) is 0 Å². The number of carbonyl (C=O) groups is 1. The van der Waals surface area contributed by atoms with Crippen molar-refractivity contribution in [2.75, 3.05) is 20.8 Å². The minimum Gasteiger partial charge on any atom is -0.493 e. The van der Waals surface area contributed by atoms with Gasteiger partial charge in [0.1, 0.15) is 6.04 Å². The summed E-state index contributed by atoms with van der Waals surface area (Å²) in [5, 5.41) is 0. The number of nitrogens with two attached hydrogens (primary N) is 1. The smallest absolute Gasteiger partial charge is 0.327 e. The molecule has 1 rings (SSSR count). The van der Waals surface area contributed by atoms with Crippen molar-refractivity contribution in [3.8, 4) is 11.5 Å².